The number of hydrogen-bond donors (Lipinski definition) is 2. The Kier molecular flexibility index (Phi) is 5.62. The van der Waals surface area contributed by atoms with E-state index < -0.39 is 0 Å². The maximum atomic E-state index is 9.49. The minimum absolute atomic E-state index is 0.252. The molecule has 0 aromatic rings. The largest absolute Gasteiger partial charge is 0.396 e. The second-order valence-electron chi connectivity index (χ2n) is 4.99. The summed E-state index contributed by atoms with van der Waals surface area (Å²) in [5, 5.41) is 18.8. The molecule has 2 nitrogen and oxygen atoms in total. The Balaban J connectivity index is 2.68. The molecule has 0 bridgehead atoms. The van der Waals surface area contributed by atoms with Gasteiger partial charge >= 0.3 is 0 Å². The summed E-state index contributed by atoms with van der Waals surface area (Å²) in [4.78, 5) is 0. The molecule has 2 heteroatoms. The Bertz CT molecular complexity index is 170. The molecule has 0 amide bonds. The van der Waals surface area contributed by atoms with Gasteiger partial charge in [0.1, 0.15) is 0 Å². The highest BCUT2D eigenvalue weighted by atomic mass is 16.3. The average Bonchev–Trinajstić information content (AvgIpc) is 2.28. The van der Waals surface area contributed by atoms with Crippen LogP contribution in [0.15, 0.2) is 0 Å². The van der Waals surface area contributed by atoms with Crippen molar-refractivity contribution in [1.82, 2.24) is 0 Å². The van der Waals surface area contributed by atoms with Crippen LogP contribution < -0.4 is 0 Å². The molecule has 0 spiro atoms. The maximum absolute atomic E-state index is 9.49. The normalized spacial score (nSPS) is 36.8. The molecular formula is C13H26O2. The zero-order valence-corrected chi connectivity index (χ0v) is 10.2. The molecule has 4 atom stereocenters. The quantitative estimate of drug-likeness (QED) is 0.738. The first-order valence-electron chi connectivity index (χ1n) is 6.50. The molecule has 4 unspecified atom stereocenters. The van der Waals surface area contributed by atoms with E-state index in [1.165, 1.54) is 25.7 Å². The van der Waals surface area contributed by atoms with Crippen molar-refractivity contribution in [1.29, 1.82) is 0 Å². The molecule has 90 valence electrons. The highest BCUT2D eigenvalue weighted by Gasteiger charge is 2.36. The zero-order chi connectivity index (χ0) is 11.3. The van der Waals surface area contributed by atoms with Crippen LogP contribution in [0.2, 0.25) is 0 Å². The molecule has 1 aliphatic carbocycles. The summed E-state index contributed by atoms with van der Waals surface area (Å²) in [6.07, 6.45) is 5.96. The van der Waals surface area contributed by atoms with Crippen LogP contribution in [0.1, 0.15) is 46.0 Å². The van der Waals surface area contributed by atoms with Crippen LogP contribution in [0.3, 0.4) is 0 Å². The zero-order valence-electron chi connectivity index (χ0n) is 10.2. The van der Waals surface area contributed by atoms with Crippen LogP contribution in [0.25, 0.3) is 0 Å². The lowest BCUT2D eigenvalue weighted by molar-refractivity contribution is 0.00771. The van der Waals surface area contributed by atoms with Gasteiger partial charge in [-0.05, 0) is 36.5 Å². The molecule has 1 fully saturated rings. The summed E-state index contributed by atoms with van der Waals surface area (Å²) < 4.78 is 0. The molecule has 0 aromatic carbocycles. The van der Waals surface area contributed by atoms with Crippen molar-refractivity contribution in [2.24, 2.45) is 23.7 Å². The van der Waals surface area contributed by atoms with Gasteiger partial charge in [0.15, 0.2) is 0 Å². The van der Waals surface area contributed by atoms with Crippen molar-refractivity contribution in [2.45, 2.75) is 46.0 Å². The first-order chi connectivity index (χ1) is 7.28. The highest BCUT2D eigenvalue weighted by Crippen LogP contribution is 2.42. The summed E-state index contributed by atoms with van der Waals surface area (Å²) in [7, 11) is 0. The lowest BCUT2D eigenvalue weighted by Crippen LogP contribution is -2.38. The molecule has 0 aliphatic heterocycles. The van der Waals surface area contributed by atoms with E-state index in [1.54, 1.807) is 0 Å². The average molecular weight is 214 g/mol. The Morgan fingerprint density at radius 3 is 2.07 bits per heavy atom. The van der Waals surface area contributed by atoms with Crippen LogP contribution in [0.5, 0.6) is 0 Å². The van der Waals surface area contributed by atoms with Gasteiger partial charge in [0.2, 0.25) is 0 Å². The number of rotatable bonds is 5. The Labute approximate surface area is 93.7 Å². The SMILES string of the molecule is CCCC1C(CC)CCC(CO)C1CO. The van der Waals surface area contributed by atoms with Gasteiger partial charge in [0.05, 0.1) is 0 Å². The van der Waals surface area contributed by atoms with Crippen LogP contribution in [-0.2, 0) is 0 Å². The standard InChI is InChI=1S/C13H26O2/c1-3-5-12-10(4-2)6-7-11(8-14)13(12)9-15/h10-15H,3-9H2,1-2H3. The van der Waals surface area contributed by atoms with Gasteiger partial charge in [-0.2, -0.15) is 0 Å². The summed E-state index contributed by atoms with van der Waals surface area (Å²) in [6.45, 7) is 4.97. The second-order valence-corrected chi connectivity index (χ2v) is 4.99. The van der Waals surface area contributed by atoms with Crippen molar-refractivity contribution in [3.8, 4) is 0 Å². The van der Waals surface area contributed by atoms with E-state index in [-0.39, 0.29) is 13.2 Å². The molecular weight excluding hydrogens is 188 g/mol. The van der Waals surface area contributed by atoms with Gasteiger partial charge in [-0.3, -0.25) is 0 Å². The Hall–Kier alpha value is -0.0800. The van der Waals surface area contributed by atoms with E-state index in [1.807, 2.05) is 0 Å². The number of aliphatic hydroxyl groups is 2. The monoisotopic (exact) mass is 214 g/mol. The molecule has 0 saturated heterocycles. The van der Waals surface area contributed by atoms with Crippen molar-refractivity contribution in [2.75, 3.05) is 13.2 Å². The maximum Gasteiger partial charge on any atom is 0.0465 e. The van der Waals surface area contributed by atoms with Crippen molar-refractivity contribution in [3.05, 3.63) is 0 Å². The molecule has 0 heterocycles. The predicted octanol–water partition coefficient (Wildman–Crippen LogP) is 2.44. The van der Waals surface area contributed by atoms with Gasteiger partial charge < -0.3 is 10.2 Å². The van der Waals surface area contributed by atoms with Gasteiger partial charge in [-0.1, -0.05) is 33.1 Å². The van der Waals surface area contributed by atoms with Gasteiger partial charge in [-0.15, -0.1) is 0 Å². The van der Waals surface area contributed by atoms with Crippen molar-refractivity contribution >= 4 is 0 Å². The van der Waals surface area contributed by atoms with Crippen LogP contribution >= 0.6 is 0 Å². The molecule has 0 radical (unpaired) electrons. The summed E-state index contributed by atoms with van der Waals surface area (Å²) in [5.41, 5.74) is 0. The third-order valence-corrected chi connectivity index (χ3v) is 4.26. The fourth-order valence-electron chi connectivity index (χ4n) is 3.36. The summed E-state index contributed by atoms with van der Waals surface area (Å²) in [6, 6.07) is 0. The van der Waals surface area contributed by atoms with Gasteiger partial charge in [-0.25, -0.2) is 0 Å². The van der Waals surface area contributed by atoms with E-state index in [0.29, 0.717) is 17.8 Å². The first kappa shape index (κ1) is 13.0. The smallest absolute Gasteiger partial charge is 0.0465 e. The van der Waals surface area contributed by atoms with Crippen LogP contribution in [0.4, 0.5) is 0 Å². The van der Waals surface area contributed by atoms with E-state index in [4.69, 9.17) is 0 Å². The molecule has 1 saturated carbocycles. The lowest BCUT2D eigenvalue weighted by Gasteiger charge is -2.42. The van der Waals surface area contributed by atoms with Crippen LogP contribution in [0, 0.1) is 23.7 Å². The van der Waals surface area contributed by atoms with Gasteiger partial charge in [0.25, 0.3) is 0 Å². The molecule has 1 rings (SSSR count). The van der Waals surface area contributed by atoms with E-state index >= 15 is 0 Å². The molecule has 0 aromatic heterocycles. The molecule has 15 heavy (non-hydrogen) atoms. The number of hydrogen-bond acceptors (Lipinski definition) is 2. The summed E-state index contributed by atoms with van der Waals surface area (Å²) in [5.74, 6) is 2.09. The van der Waals surface area contributed by atoms with E-state index in [9.17, 15) is 10.2 Å². The van der Waals surface area contributed by atoms with Crippen molar-refractivity contribution < 1.29 is 10.2 Å². The van der Waals surface area contributed by atoms with Crippen LogP contribution in [-0.4, -0.2) is 23.4 Å². The Morgan fingerprint density at radius 2 is 1.60 bits per heavy atom. The third-order valence-electron chi connectivity index (χ3n) is 4.26. The van der Waals surface area contributed by atoms with E-state index in [0.717, 1.165) is 12.3 Å². The molecule has 1 aliphatic rings. The number of aliphatic hydroxyl groups excluding tert-OH is 2. The minimum Gasteiger partial charge on any atom is -0.396 e. The topological polar surface area (TPSA) is 40.5 Å². The van der Waals surface area contributed by atoms with Gasteiger partial charge in [0, 0.05) is 13.2 Å². The third kappa shape index (κ3) is 2.94. The molecule has 2 N–H and O–H groups in total. The highest BCUT2D eigenvalue weighted by molar-refractivity contribution is 4.86. The summed E-state index contributed by atoms with van der Waals surface area (Å²) >= 11 is 0. The minimum atomic E-state index is 0.252. The predicted molar refractivity (Wildman–Crippen MR) is 62.6 cm³/mol. The van der Waals surface area contributed by atoms with E-state index in [2.05, 4.69) is 13.8 Å². The Morgan fingerprint density at radius 1 is 0.933 bits per heavy atom. The fourth-order valence-corrected chi connectivity index (χ4v) is 3.36. The lowest BCUT2D eigenvalue weighted by atomic mass is 9.65. The first-order valence-corrected chi connectivity index (χ1v) is 6.50. The second kappa shape index (κ2) is 6.49. The fraction of sp³-hybridized carbons (Fsp3) is 1.00. The van der Waals surface area contributed by atoms with Crippen molar-refractivity contribution in [3.63, 3.8) is 0 Å².